The van der Waals surface area contributed by atoms with E-state index in [4.69, 9.17) is 9.11 Å². The van der Waals surface area contributed by atoms with Crippen molar-refractivity contribution in [1.82, 2.24) is 4.57 Å². The Hall–Kier alpha value is -1.43. The third kappa shape index (κ3) is 4.30. The van der Waals surface area contributed by atoms with Gasteiger partial charge in [-0.1, -0.05) is 0 Å². The summed E-state index contributed by atoms with van der Waals surface area (Å²) in [6, 6.07) is 0.860. The van der Waals surface area contributed by atoms with Crippen LogP contribution in [0.4, 0.5) is 0 Å². The van der Waals surface area contributed by atoms with Crippen molar-refractivity contribution in [3.63, 3.8) is 0 Å². The Balaban J connectivity index is 3.61. The van der Waals surface area contributed by atoms with Crippen LogP contribution in [-0.2, 0) is 38.3 Å². The molecule has 0 atom stereocenters. The van der Waals surface area contributed by atoms with E-state index in [-0.39, 0.29) is 6.54 Å². The van der Waals surface area contributed by atoms with Crippen LogP contribution >= 0.6 is 0 Å². The van der Waals surface area contributed by atoms with Crippen molar-refractivity contribution in [3.05, 3.63) is 27.5 Å². The highest BCUT2D eigenvalue weighted by molar-refractivity contribution is 7.85. The summed E-state index contributed by atoms with van der Waals surface area (Å²) in [6.45, 7) is 1.51. The van der Waals surface area contributed by atoms with Gasteiger partial charge in [-0.15, -0.1) is 0 Å². The standard InChI is InChI=1S/C9H13NO8S2/c1-2-10-8(11)3-6(4-19(13,14)15)7(9(10)12)5-20(16,17)18/h3,11H,2,4-5H2,1H3,(H,13,14,15)(H,16,17,18). The molecule has 0 aliphatic heterocycles. The van der Waals surface area contributed by atoms with Gasteiger partial charge in [-0.05, 0) is 12.5 Å². The Morgan fingerprint density at radius 1 is 1.10 bits per heavy atom. The molecule has 0 bridgehead atoms. The van der Waals surface area contributed by atoms with E-state index < -0.39 is 54.3 Å². The first-order chi connectivity index (χ1) is 8.94. The summed E-state index contributed by atoms with van der Waals surface area (Å²) in [6.07, 6.45) is 0. The fraction of sp³-hybridized carbons (Fsp3) is 0.444. The van der Waals surface area contributed by atoms with Crippen LogP contribution in [0.1, 0.15) is 18.1 Å². The van der Waals surface area contributed by atoms with Gasteiger partial charge in [0, 0.05) is 18.2 Å². The molecular formula is C9H13NO8S2. The normalized spacial score (nSPS) is 12.6. The molecule has 0 fully saturated rings. The lowest BCUT2D eigenvalue weighted by Gasteiger charge is -2.12. The van der Waals surface area contributed by atoms with Crippen molar-refractivity contribution in [1.29, 1.82) is 0 Å². The number of aromatic hydroxyl groups is 1. The number of hydrogen-bond donors (Lipinski definition) is 3. The topological polar surface area (TPSA) is 151 Å². The summed E-state index contributed by atoms with van der Waals surface area (Å²) < 4.78 is 61.8. The monoisotopic (exact) mass is 327 g/mol. The second-order valence-corrected chi connectivity index (χ2v) is 6.91. The van der Waals surface area contributed by atoms with Gasteiger partial charge in [0.2, 0.25) is 0 Å². The van der Waals surface area contributed by atoms with E-state index in [9.17, 15) is 26.7 Å². The van der Waals surface area contributed by atoms with E-state index in [0.717, 1.165) is 10.6 Å². The van der Waals surface area contributed by atoms with Crippen LogP contribution in [0.15, 0.2) is 10.9 Å². The van der Waals surface area contributed by atoms with Gasteiger partial charge in [0.25, 0.3) is 25.8 Å². The molecule has 0 saturated heterocycles. The molecule has 3 N–H and O–H groups in total. The van der Waals surface area contributed by atoms with Gasteiger partial charge in [-0.25, -0.2) is 0 Å². The molecule has 20 heavy (non-hydrogen) atoms. The molecule has 0 radical (unpaired) electrons. The maximum absolute atomic E-state index is 12.0. The van der Waals surface area contributed by atoms with Gasteiger partial charge in [-0.2, -0.15) is 16.8 Å². The Labute approximate surface area is 115 Å². The third-order valence-corrected chi connectivity index (χ3v) is 3.78. The van der Waals surface area contributed by atoms with E-state index in [0.29, 0.717) is 0 Å². The van der Waals surface area contributed by atoms with Crippen LogP contribution < -0.4 is 5.56 Å². The molecule has 1 aromatic rings. The number of nitrogens with zero attached hydrogens (tertiary/aromatic N) is 1. The Morgan fingerprint density at radius 2 is 1.60 bits per heavy atom. The molecule has 0 amide bonds. The number of rotatable bonds is 5. The predicted octanol–water partition coefficient (Wildman–Crippen LogP) is -0.651. The molecule has 0 spiro atoms. The van der Waals surface area contributed by atoms with E-state index in [1.54, 1.807) is 0 Å². The number of pyridine rings is 1. The van der Waals surface area contributed by atoms with Crippen molar-refractivity contribution in [3.8, 4) is 5.88 Å². The highest BCUT2D eigenvalue weighted by Crippen LogP contribution is 2.17. The molecule has 0 aliphatic rings. The van der Waals surface area contributed by atoms with Crippen molar-refractivity contribution >= 4 is 20.2 Å². The second-order valence-electron chi connectivity index (χ2n) is 4.01. The summed E-state index contributed by atoms with van der Waals surface area (Å²) in [4.78, 5) is 12.0. The average Bonchev–Trinajstić information content (AvgIpc) is 2.21. The molecule has 9 nitrogen and oxygen atoms in total. The lowest BCUT2D eigenvalue weighted by Crippen LogP contribution is -2.27. The van der Waals surface area contributed by atoms with E-state index in [2.05, 4.69) is 0 Å². The van der Waals surface area contributed by atoms with Gasteiger partial charge in [0.15, 0.2) is 5.88 Å². The summed E-state index contributed by atoms with van der Waals surface area (Å²) in [5.41, 5.74) is -1.87. The summed E-state index contributed by atoms with van der Waals surface area (Å²) in [7, 11) is -9.13. The fourth-order valence-corrected chi connectivity index (χ4v) is 3.02. The molecule has 0 unspecified atom stereocenters. The third-order valence-electron chi connectivity index (χ3n) is 2.45. The van der Waals surface area contributed by atoms with Gasteiger partial charge in [-0.3, -0.25) is 18.5 Å². The van der Waals surface area contributed by atoms with Gasteiger partial charge < -0.3 is 5.11 Å². The summed E-state index contributed by atoms with van der Waals surface area (Å²) >= 11 is 0. The van der Waals surface area contributed by atoms with Crippen LogP contribution in [0, 0.1) is 0 Å². The number of hydrogen-bond acceptors (Lipinski definition) is 6. The lowest BCUT2D eigenvalue weighted by atomic mass is 10.2. The van der Waals surface area contributed by atoms with Crippen LogP contribution in [0.2, 0.25) is 0 Å². The van der Waals surface area contributed by atoms with Crippen LogP contribution in [-0.4, -0.2) is 35.6 Å². The first-order valence-electron chi connectivity index (χ1n) is 5.29. The quantitative estimate of drug-likeness (QED) is 0.603. The second kappa shape index (κ2) is 5.52. The maximum Gasteiger partial charge on any atom is 0.269 e. The van der Waals surface area contributed by atoms with Crippen LogP contribution in [0.3, 0.4) is 0 Å². The lowest BCUT2D eigenvalue weighted by molar-refractivity contribution is 0.409. The van der Waals surface area contributed by atoms with Gasteiger partial charge >= 0.3 is 0 Å². The molecule has 114 valence electrons. The summed E-state index contributed by atoms with van der Waals surface area (Å²) in [5.74, 6) is -2.74. The fourth-order valence-electron chi connectivity index (χ4n) is 1.69. The smallest absolute Gasteiger partial charge is 0.269 e. The molecular weight excluding hydrogens is 314 g/mol. The average molecular weight is 327 g/mol. The molecule has 0 aromatic carbocycles. The molecule has 11 heteroatoms. The first kappa shape index (κ1) is 16.6. The van der Waals surface area contributed by atoms with Gasteiger partial charge in [0.1, 0.15) is 11.5 Å². The van der Waals surface area contributed by atoms with Crippen LogP contribution in [0.25, 0.3) is 0 Å². The number of aromatic nitrogens is 1. The van der Waals surface area contributed by atoms with E-state index >= 15 is 0 Å². The Morgan fingerprint density at radius 3 is 2.00 bits per heavy atom. The molecule has 1 heterocycles. The molecule has 0 aliphatic carbocycles. The van der Waals surface area contributed by atoms with E-state index in [1.165, 1.54) is 6.92 Å². The predicted molar refractivity (Wildman–Crippen MR) is 68.5 cm³/mol. The minimum atomic E-state index is -4.59. The highest BCUT2D eigenvalue weighted by atomic mass is 32.2. The van der Waals surface area contributed by atoms with Gasteiger partial charge in [0.05, 0.1) is 0 Å². The zero-order valence-electron chi connectivity index (χ0n) is 10.3. The van der Waals surface area contributed by atoms with Crippen molar-refractivity contribution < 1.29 is 31.0 Å². The Bertz CT molecular complexity index is 775. The highest BCUT2D eigenvalue weighted by Gasteiger charge is 2.21. The maximum atomic E-state index is 12.0. The largest absolute Gasteiger partial charge is 0.494 e. The molecule has 1 aromatic heterocycles. The van der Waals surface area contributed by atoms with Crippen molar-refractivity contribution in [2.45, 2.75) is 25.0 Å². The van der Waals surface area contributed by atoms with Crippen molar-refractivity contribution in [2.24, 2.45) is 0 Å². The first-order valence-corrected chi connectivity index (χ1v) is 8.51. The summed E-state index contributed by atoms with van der Waals surface area (Å²) in [5, 5.41) is 9.57. The zero-order chi connectivity index (χ0) is 15.7. The minimum Gasteiger partial charge on any atom is -0.494 e. The van der Waals surface area contributed by atoms with E-state index in [1.807, 2.05) is 0 Å². The minimum absolute atomic E-state index is 0.00922. The van der Waals surface area contributed by atoms with Crippen molar-refractivity contribution in [2.75, 3.05) is 0 Å². The van der Waals surface area contributed by atoms with Crippen LogP contribution in [0.5, 0.6) is 5.88 Å². The molecule has 0 saturated carbocycles. The SMILES string of the molecule is CCn1c(O)cc(CS(=O)(=O)O)c(CS(=O)(=O)O)c1=O. The molecule has 1 rings (SSSR count). The zero-order valence-corrected chi connectivity index (χ0v) is 12.0. The Kier molecular flexibility index (Phi) is 4.59.